The van der Waals surface area contributed by atoms with E-state index < -0.39 is 23.5 Å². The summed E-state index contributed by atoms with van der Waals surface area (Å²) in [6, 6.07) is 21.9. The van der Waals surface area contributed by atoms with Crippen LogP contribution >= 0.6 is 0 Å². The predicted octanol–water partition coefficient (Wildman–Crippen LogP) is 4.99. The lowest BCUT2D eigenvalue weighted by atomic mass is 9.95. The molecule has 1 N–H and O–H groups in total. The Morgan fingerprint density at radius 2 is 1.66 bits per heavy atom. The molecule has 0 bridgehead atoms. The highest BCUT2D eigenvalue weighted by atomic mass is 16.5. The van der Waals surface area contributed by atoms with E-state index in [1.807, 2.05) is 91.8 Å². The van der Waals surface area contributed by atoms with E-state index in [1.165, 1.54) is 6.08 Å². The van der Waals surface area contributed by atoms with Crippen LogP contribution in [0.3, 0.4) is 0 Å². The van der Waals surface area contributed by atoms with Gasteiger partial charge in [0.15, 0.2) is 23.0 Å². The number of ketones is 1. The zero-order valence-corrected chi connectivity index (χ0v) is 22.0. The Bertz CT molecular complexity index is 1360. The van der Waals surface area contributed by atoms with Crippen LogP contribution in [-0.2, 0) is 16.0 Å². The average molecular weight is 513 g/mol. The number of ether oxygens (including phenoxy) is 2. The van der Waals surface area contributed by atoms with E-state index in [4.69, 9.17) is 9.47 Å². The fourth-order valence-corrected chi connectivity index (χ4v) is 4.55. The third kappa shape index (κ3) is 5.57. The summed E-state index contributed by atoms with van der Waals surface area (Å²) in [6.07, 6.45) is 3.59. The quantitative estimate of drug-likeness (QED) is 0.386. The van der Waals surface area contributed by atoms with Crippen molar-refractivity contribution < 1.29 is 24.2 Å². The minimum Gasteiger partial charge on any atom is -0.503 e. The first-order chi connectivity index (χ1) is 18.3. The summed E-state index contributed by atoms with van der Waals surface area (Å²) in [5.41, 5.74) is 3.59. The summed E-state index contributed by atoms with van der Waals surface area (Å²) in [4.78, 5) is 30.2. The number of aliphatic hydroxyl groups is 1. The Labute approximate surface area is 223 Å². The van der Waals surface area contributed by atoms with E-state index in [-0.39, 0.29) is 12.1 Å². The van der Waals surface area contributed by atoms with Crippen molar-refractivity contribution in [2.45, 2.75) is 12.5 Å². The van der Waals surface area contributed by atoms with Crippen LogP contribution in [0.15, 0.2) is 90.2 Å². The molecule has 0 saturated heterocycles. The molecule has 0 spiro atoms. The number of carbonyl (C=O) groups is 2. The normalized spacial score (nSPS) is 15.3. The lowest BCUT2D eigenvalue weighted by Crippen LogP contribution is -2.33. The number of hydrogen-bond donors (Lipinski definition) is 1. The van der Waals surface area contributed by atoms with Gasteiger partial charge < -0.3 is 24.4 Å². The van der Waals surface area contributed by atoms with Crippen molar-refractivity contribution in [3.8, 4) is 11.5 Å². The Balaban J connectivity index is 1.66. The first-order valence-electron chi connectivity index (χ1n) is 12.3. The van der Waals surface area contributed by atoms with Gasteiger partial charge in [-0.3, -0.25) is 9.59 Å². The van der Waals surface area contributed by atoms with Crippen molar-refractivity contribution in [3.63, 3.8) is 0 Å². The fourth-order valence-electron chi connectivity index (χ4n) is 4.55. The second kappa shape index (κ2) is 11.7. The lowest BCUT2D eigenvalue weighted by molar-refractivity contribution is -0.129. The second-order valence-corrected chi connectivity index (χ2v) is 9.20. The Kier molecular flexibility index (Phi) is 8.16. The third-order valence-electron chi connectivity index (χ3n) is 6.61. The Hall–Kier alpha value is -4.52. The molecule has 0 unspecified atom stereocenters. The topological polar surface area (TPSA) is 79.3 Å². The molecule has 1 amide bonds. The molecule has 4 rings (SSSR count). The maximum Gasteiger partial charge on any atom is 0.290 e. The molecule has 196 valence electrons. The molecule has 1 aliphatic heterocycles. The molecule has 7 heteroatoms. The predicted molar refractivity (Wildman–Crippen MR) is 149 cm³/mol. The molecule has 7 nitrogen and oxygen atoms in total. The van der Waals surface area contributed by atoms with Gasteiger partial charge >= 0.3 is 0 Å². The summed E-state index contributed by atoms with van der Waals surface area (Å²) in [7, 11) is 7.03. The molecule has 0 saturated carbocycles. The molecule has 1 heterocycles. The van der Waals surface area contributed by atoms with Gasteiger partial charge in [-0.2, -0.15) is 0 Å². The van der Waals surface area contributed by atoms with Crippen molar-refractivity contribution in [2.24, 2.45) is 0 Å². The van der Waals surface area contributed by atoms with E-state index in [2.05, 4.69) is 0 Å². The van der Waals surface area contributed by atoms with Gasteiger partial charge in [-0.1, -0.05) is 54.6 Å². The first kappa shape index (κ1) is 26.5. The second-order valence-electron chi connectivity index (χ2n) is 9.20. The van der Waals surface area contributed by atoms with Crippen LogP contribution in [0, 0.1) is 0 Å². The molecule has 1 aliphatic rings. The number of benzene rings is 3. The van der Waals surface area contributed by atoms with E-state index in [9.17, 15) is 14.7 Å². The zero-order chi connectivity index (χ0) is 27.2. The fraction of sp³-hybridized carbons (Fsp3) is 0.226. The number of methoxy groups -OCH3 is 2. The van der Waals surface area contributed by atoms with Crippen LogP contribution in [0.1, 0.15) is 22.7 Å². The first-order valence-corrected chi connectivity index (χ1v) is 12.3. The minimum atomic E-state index is -0.716. The van der Waals surface area contributed by atoms with Gasteiger partial charge in [-0.25, -0.2) is 0 Å². The molecule has 0 radical (unpaired) electrons. The molecule has 0 aliphatic carbocycles. The Morgan fingerprint density at radius 3 is 2.29 bits per heavy atom. The number of nitrogens with zero attached hydrogens (tertiary/aromatic N) is 2. The maximum atomic E-state index is 13.4. The van der Waals surface area contributed by atoms with Crippen LogP contribution < -0.4 is 14.4 Å². The maximum absolute atomic E-state index is 13.4. The number of anilines is 1. The van der Waals surface area contributed by atoms with Crippen molar-refractivity contribution in [1.82, 2.24) is 4.90 Å². The summed E-state index contributed by atoms with van der Waals surface area (Å²) in [5, 5.41) is 10.9. The third-order valence-corrected chi connectivity index (χ3v) is 6.61. The number of aliphatic hydroxyl groups excluding tert-OH is 1. The van der Waals surface area contributed by atoms with Crippen LogP contribution in [0.25, 0.3) is 6.08 Å². The van der Waals surface area contributed by atoms with Gasteiger partial charge in [-0.05, 0) is 53.5 Å². The summed E-state index contributed by atoms with van der Waals surface area (Å²) < 4.78 is 10.7. The van der Waals surface area contributed by atoms with Crippen molar-refractivity contribution in [1.29, 1.82) is 0 Å². The van der Waals surface area contributed by atoms with Crippen molar-refractivity contribution in [3.05, 3.63) is 107 Å². The van der Waals surface area contributed by atoms with Crippen LogP contribution in [0.2, 0.25) is 0 Å². The van der Waals surface area contributed by atoms with Gasteiger partial charge in [0.2, 0.25) is 0 Å². The number of amides is 1. The molecule has 0 aromatic heterocycles. The molecular weight excluding hydrogens is 480 g/mol. The largest absolute Gasteiger partial charge is 0.503 e. The lowest BCUT2D eigenvalue weighted by Gasteiger charge is -2.27. The van der Waals surface area contributed by atoms with Gasteiger partial charge in [-0.15, -0.1) is 0 Å². The number of rotatable bonds is 10. The van der Waals surface area contributed by atoms with E-state index in [0.717, 1.165) is 22.4 Å². The minimum absolute atomic E-state index is 0.0760. The molecule has 3 aromatic carbocycles. The highest BCUT2D eigenvalue weighted by molar-refractivity contribution is 6.14. The summed E-state index contributed by atoms with van der Waals surface area (Å²) in [6.45, 7) is 0.289. The summed E-state index contributed by atoms with van der Waals surface area (Å²) in [5.74, 6) is -0.276. The van der Waals surface area contributed by atoms with E-state index in [0.29, 0.717) is 17.9 Å². The standard InChI is InChI=1S/C31H32N2O5/c1-32(2)24-14-12-23(13-15-24)29-28(25(34)16-10-21-8-6-5-7-9-21)30(35)31(36)33(29)19-18-22-11-17-26(37-3)27(20-22)38-4/h5-17,20,29,35H,18-19H2,1-4H3/b16-10+/t29-/m1/s1. The average Bonchev–Trinajstić information content (AvgIpc) is 3.20. The number of allylic oxidation sites excluding steroid dienone is 1. The molecule has 38 heavy (non-hydrogen) atoms. The molecular formula is C31H32N2O5. The highest BCUT2D eigenvalue weighted by Crippen LogP contribution is 2.39. The van der Waals surface area contributed by atoms with Crippen LogP contribution in [0.4, 0.5) is 5.69 Å². The van der Waals surface area contributed by atoms with Crippen molar-refractivity contribution in [2.75, 3.05) is 39.8 Å². The summed E-state index contributed by atoms with van der Waals surface area (Å²) >= 11 is 0. The SMILES string of the molecule is COc1ccc(CCN2C(=O)C(O)=C(C(=O)/C=C/c3ccccc3)[C@H]2c2ccc(N(C)C)cc2)cc1OC. The molecule has 1 atom stereocenters. The van der Waals surface area contributed by atoms with Gasteiger partial charge in [0.1, 0.15) is 0 Å². The Morgan fingerprint density at radius 1 is 0.974 bits per heavy atom. The smallest absolute Gasteiger partial charge is 0.290 e. The monoisotopic (exact) mass is 512 g/mol. The molecule has 0 fully saturated rings. The number of hydrogen-bond acceptors (Lipinski definition) is 6. The molecule has 3 aromatic rings. The van der Waals surface area contributed by atoms with Gasteiger partial charge in [0, 0.05) is 26.3 Å². The van der Waals surface area contributed by atoms with Crippen molar-refractivity contribution >= 4 is 23.5 Å². The van der Waals surface area contributed by atoms with Gasteiger partial charge in [0.25, 0.3) is 5.91 Å². The van der Waals surface area contributed by atoms with E-state index in [1.54, 1.807) is 25.2 Å². The van der Waals surface area contributed by atoms with Crippen LogP contribution in [0.5, 0.6) is 11.5 Å². The van der Waals surface area contributed by atoms with E-state index >= 15 is 0 Å². The van der Waals surface area contributed by atoms with Gasteiger partial charge in [0.05, 0.1) is 25.8 Å². The zero-order valence-electron chi connectivity index (χ0n) is 22.0. The van der Waals surface area contributed by atoms with Crippen LogP contribution in [-0.4, -0.2) is 56.6 Å². The number of carbonyl (C=O) groups excluding carboxylic acids is 2. The highest BCUT2D eigenvalue weighted by Gasteiger charge is 2.42.